The van der Waals surface area contributed by atoms with E-state index in [1.807, 2.05) is 12.1 Å². The number of hydrogen-bond donors (Lipinski definition) is 2. The van der Waals surface area contributed by atoms with Crippen molar-refractivity contribution in [1.29, 1.82) is 0 Å². The Morgan fingerprint density at radius 2 is 1.76 bits per heavy atom. The van der Waals surface area contributed by atoms with Gasteiger partial charge < -0.3 is 10.4 Å². The lowest BCUT2D eigenvalue weighted by Crippen LogP contribution is -2.27. The standard InChI is InChI=1S/C15H25NO/c1-3-5-6-15(4-2)16-11-13-7-9-14(12-17)10-8-13/h7-10,15-17H,3-6,11-12H2,1-2H3. The van der Waals surface area contributed by atoms with E-state index in [1.165, 1.54) is 31.2 Å². The molecule has 96 valence electrons. The van der Waals surface area contributed by atoms with Crippen LogP contribution in [0.3, 0.4) is 0 Å². The molecular formula is C15H25NO. The van der Waals surface area contributed by atoms with Gasteiger partial charge in [-0.25, -0.2) is 0 Å². The van der Waals surface area contributed by atoms with Crippen molar-refractivity contribution >= 4 is 0 Å². The van der Waals surface area contributed by atoms with Gasteiger partial charge in [-0.3, -0.25) is 0 Å². The molecule has 0 fully saturated rings. The summed E-state index contributed by atoms with van der Waals surface area (Å²) in [5.41, 5.74) is 2.27. The van der Waals surface area contributed by atoms with Gasteiger partial charge in [-0.2, -0.15) is 0 Å². The predicted octanol–water partition coefficient (Wildman–Crippen LogP) is 3.24. The van der Waals surface area contributed by atoms with Crippen LogP contribution in [-0.4, -0.2) is 11.1 Å². The van der Waals surface area contributed by atoms with Gasteiger partial charge in [0.15, 0.2) is 0 Å². The molecule has 1 aromatic carbocycles. The Labute approximate surface area is 105 Å². The molecule has 2 N–H and O–H groups in total. The van der Waals surface area contributed by atoms with Gasteiger partial charge in [0.2, 0.25) is 0 Å². The van der Waals surface area contributed by atoms with Gasteiger partial charge in [-0.1, -0.05) is 51.0 Å². The van der Waals surface area contributed by atoms with Crippen LogP contribution in [0, 0.1) is 0 Å². The van der Waals surface area contributed by atoms with Gasteiger partial charge in [-0.15, -0.1) is 0 Å². The SMILES string of the molecule is CCCCC(CC)NCc1ccc(CO)cc1. The maximum Gasteiger partial charge on any atom is 0.0681 e. The van der Waals surface area contributed by atoms with Gasteiger partial charge >= 0.3 is 0 Å². The van der Waals surface area contributed by atoms with Gasteiger partial charge in [0.05, 0.1) is 6.61 Å². The minimum Gasteiger partial charge on any atom is -0.392 e. The van der Waals surface area contributed by atoms with Crippen LogP contribution in [0.5, 0.6) is 0 Å². The largest absolute Gasteiger partial charge is 0.392 e. The molecule has 1 aromatic rings. The average Bonchev–Trinajstić information content (AvgIpc) is 2.39. The third-order valence-corrected chi connectivity index (χ3v) is 3.20. The second kappa shape index (κ2) is 8.26. The lowest BCUT2D eigenvalue weighted by molar-refractivity contribution is 0.282. The van der Waals surface area contributed by atoms with Crippen LogP contribution in [-0.2, 0) is 13.2 Å². The van der Waals surface area contributed by atoms with Crippen LogP contribution in [0.15, 0.2) is 24.3 Å². The molecule has 0 aliphatic rings. The summed E-state index contributed by atoms with van der Waals surface area (Å²) in [6.07, 6.45) is 5.02. The van der Waals surface area contributed by atoms with E-state index < -0.39 is 0 Å². The summed E-state index contributed by atoms with van der Waals surface area (Å²) < 4.78 is 0. The van der Waals surface area contributed by atoms with E-state index in [-0.39, 0.29) is 6.61 Å². The summed E-state index contributed by atoms with van der Waals surface area (Å²) in [6, 6.07) is 8.79. The first-order valence-corrected chi connectivity index (χ1v) is 6.72. The fourth-order valence-corrected chi connectivity index (χ4v) is 1.93. The number of aliphatic hydroxyl groups excluding tert-OH is 1. The fourth-order valence-electron chi connectivity index (χ4n) is 1.93. The zero-order chi connectivity index (χ0) is 12.5. The second-order valence-corrected chi connectivity index (χ2v) is 4.60. The van der Waals surface area contributed by atoms with Gasteiger partial charge in [-0.05, 0) is 24.0 Å². The van der Waals surface area contributed by atoms with Crippen LogP contribution >= 0.6 is 0 Å². The maximum absolute atomic E-state index is 8.97. The number of rotatable bonds is 8. The van der Waals surface area contributed by atoms with Crippen LogP contribution in [0.2, 0.25) is 0 Å². The van der Waals surface area contributed by atoms with Crippen LogP contribution in [0.4, 0.5) is 0 Å². The monoisotopic (exact) mass is 235 g/mol. The van der Waals surface area contributed by atoms with Crippen LogP contribution < -0.4 is 5.32 Å². The third kappa shape index (κ3) is 5.33. The molecule has 0 amide bonds. The number of nitrogens with one attached hydrogen (secondary N) is 1. The highest BCUT2D eigenvalue weighted by Crippen LogP contribution is 2.07. The molecule has 1 atom stereocenters. The molecular weight excluding hydrogens is 210 g/mol. The van der Waals surface area contributed by atoms with E-state index in [1.54, 1.807) is 0 Å². The third-order valence-electron chi connectivity index (χ3n) is 3.20. The van der Waals surface area contributed by atoms with Gasteiger partial charge in [0, 0.05) is 12.6 Å². The number of unbranched alkanes of at least 4 members (excludes halogenated alkanes) is 1. The molecule has 0 bridgehead atoms. The van der Waals surface area contributed by atoms with E-state index in [4.69, 9.17) is 5.11 Å². The molecule has 0 radical (unpaired) electrons. The zero-order valence-corrected chi connectivity index (χ0v) is 11.1. The Hall–Kier alpha value is -0.860. The Balaban J connectivity index is 2.36. The van der Waals surface area contributed by atoms with Crippen molar-refractivity contribution in [3.63, 3.8) is 0 Å². The molecule has 17 heavy (non-hydrogen) atoms. The topological polar surface area (TPSA) is 32.3 Å². The average molecular weight is 235 g/mol. The van der Waals surface area contributed by atoms with Crippen molar-refractivity contribution in [3.05, 3.63) is 35.4 Å². The molecule has 0 aliphatic carbocycles. The number of benzene rings is 1. The van der Waals surface area contributed by atoms with Crippen LogP contribution in [0.1, 0.15) is 50.7 Å². The highest BCUT2D eigenvalue weighted by molar-refractivity contribution is 5.21. The van der Waals surface area contributed by atoms with E-state index in [2.05, 4.69) is 31.3 Å². The van der Waals surface area contributed by atoms with Crippen molar-refractivity contribution in [2.45, 2.75) is 58.7 Å². The fraction of sp³-hybridized carbons (Fsp3) is 0.600. The second-order valence-electron chi connectivity index (χ2n) is 4.60. The van der Waals surface area contributed by atoms with Crippen molar-refractivity contribution < 1.29 is 5.11 Å². The number of aliphatic hydroxyl groups is 1. The zero-order valence-electron chi connectivity index (χ0n) is 11.1. The van der Waals surface area contributed by atoms with Crippen LogP contribution in [0.25, 0.3) is 0 Å². The summed E-state index contributed by atoms with van der Waals surface area (Å²) in [6.45, 7) is 5.53. The minimum atomic E-state index is 0.127. The van der Waals surface area contributed by atoms with E-state index in [9.17, 15) is 0 Å². The summed E-state index contributed by atoms with van der Waals surface area (Å²) in [4.78, 5) is 0. The van der Waals surface area contributed by atoms with E-state index in [0.717, 1.165) is 12.1 Å². The molecule has 0 saturated carbocycles. The minimum absolute atomic E-state index is 0.127. The van der Waals surface area contributed by atoms with Crippen molar-refractivity contribution in [1.82, 2.24) is 5.32 Å². The first-order chi connectivity index (χ1) is 8.30. The Morgan fingerprint density at radius 1 is 1.12 bits per heavy atom. The Morgan fingerprint density at radius 3 is 2.29 bits per heavy atom. The molecule has 0 spiro atoms. The van der Waals surface area contributed by atoms with Crippen molar-refractivity contribution in [2.75, 3.05) is 0 Å². The molecule has 0 heterocycles. The highest BCUT2D eigenvalue weighted by atomic mass is 16.3. The number of hydrogen-bond acceptors (Lipinski definition) is 2. The van der Waals surface area contributed by atoms with Gasteiger partial charge in [0.1, 0.15) is 0 Å². The normalized spacial score (nSPS) is 12.6. The van der Waals surface area contributed by atoms with Gasteiger partial charge in [0.25, 0.3) is 0 Å². The lowest BCUT2D eigenvalue weighted by atomic mass is 10.1. The van der Waals surface area contributed by atoms with E-state index >= 15 is 0 Å². The molecule has 1 unspecified atom stereocenters. The summed E-state index contributed by atoms with van der Waals surface area (Å²) >= 11 is 0. The summed E-state index contributed by atoms with van der Waals surface area (Å²) in [5, 5.41) is 12.6. The quantitative estimate of drug-likeness (QED) is 0.725. The molecule has 0 saturated heterocycles. The first-order valence-electron chi connectivity index (χ1n) is 6.72. The molecule has 0 aliphatic heterocycles. The summed E-state index contributed by atoms with van der Waals surface area (Å²) in [5.74, 6) is 0. The highest BCUT2D eigenvalue weighted by Gasteiger charge is 2.04. The molecule has 1 rings (SSSR count). The molecule has 2 heteroatoms. The summed E-state index contributed by atoms with van der Waals surface area (Å²) in [7, 11) is 0. The van der Waals surface area contributed by atoms with Crippen molar-refractivity contribution in [2.24, 2.45) is 0 Å². The predicted molar refractivity (Wildman–Crippen MR) is 72.8 cm³/mol. The Kier molecular flexibility index (Phi) is 6.90. The molecule has 0 aromatic heterocycles. The maximum atomic E-state index is 8.97. The first kappa shape index (κ1) is 14.2. The van der Waals surface area contributed by atoms with Crippen molar-refractivity contribution in [3.8, 4) is 0 Å². The lowest BCUT2D eigenvalue weighted by Gasteiger charge is -2.16. The Bertz CT molecular complexity index is 294. The smallest absolute Gasteiger partial charge is 0.0681 e. The molecule has 2 nitrogen and oxygen atoms in total. The van der Waals surface area contributed by atoms with E-state index in [0.29, 0.717) is 6.04 Å².